The molecule has 63 heavy (non-hydrogen) atoms. The first kappa shape index (κ1) is 59.3. The molecule has 358 valence electrons. The molecule has 0 fully saturated rings. The molecule has 0 heterocycles. The van der Waals surface area contributed by atoms with Crippen molar-refractivity contribution in [3.8, 4) is 0 Å². The highest BCUT2D eigenvalue weighted by atomic mass is 16.6. The zero-order valence-corrected chi connectivity index (χ0v) is 40.8. The summed E-state index contributed by atoms with van der Waals surface area (Å²) in [6.45, 7) is 6.39. The molecule has 0 N–H and O–H groups in total. The molecule has 1 unspecified atom stereocenters. The van der Waals surface area contributed by atoms with Crippen LogP contribution >= 0.6 is 0 Å². The second kappa shape index (κ2) is 51.0. The number of carbonyl (C=O) groups excluding carboxylic acids is 3. The third-order valence-electron chi connectivity index (χ3n) is 10.7. The van der Waals surface area contributed by atoms with Crippen molar-refractivity contribution in [1.29, 1.82) is 0 Å². The number of ether oxygens (including phenoxy) is 3. The zero-order valence-electron chi connectivity index (χ0n) is 40.8. The van der Waals surface area contributed by atoms with E-state index in [1.165, 1.54) is 89.9 Å². The summed E-state index contributed by atoms with van der Waals surface area (Å²) in [4.78, 5) is 37.9. The van der Waals surface area contributed by atoms with Gasteiger partial charge in [-0.15, -0.1) is 0 Å². The second-order valence-electron chi connectivity index (χ2n) is 16.8. The lowest BCUT2D eigenvalue weighted by Gasteiger charge is -2.18. The highest BCUT2D eigenvalue weighted by molar-refractivity contribution is 5.71. The lowest BCUT2D eigenvalue weighted by Crippen LogP contribution is -2.30. The van der Waals surface area contributed by atoms with Crippen LogP contribution in [-0.4, -0.2) is 37.2 Å². The first-order valence-corrected chi connectivity index (χ1v) is 25.8. The Morgan fingerprint density at radius 1 is 0.333 bits per heavy atom. The predicted molar refractivity (Wildman–Crippen MR) is 270 cm³/mol. The third-order valence-corrected chi connectivity index (χ3v) is 10.7. The summed E-state index contributed by atoms with van der Waals surface area (Å²) in [5.41, 5.74) is 0. The molecule has 0 aliphatic rings. The van der Waals surface area contributed by atoms with Crippen LogP contribution in [0, 0.1) is 0 Å². The van der Waals surface area contributed by atoms with Crippen LogP contribution in [0.25, 0.3) is 0 Å². The van der Waals surface area contributed by atoms with Gasteiger partial charge in [-0.1, -0.05) is 214 Å². The zero-order chi connectivity index (χ0) is 45.8. The molecule has 0 saturated carbocycles. The number of hydrogen-bond donors (Lipinski definition) is 0. The van der Waals surface area contributed by atoms with Crippen molar-refractivity contribution in [3.05, 3.63) is 97.2 Å². The SMILES string of the molecule is CC\C=C/C=C\C=C/C=C\CCCCCC(=O)OCC(COC(=O)CCCCC/C=C\C=C/CCCCCCCCC)OC(=O)CCCCC/C=C\C=C/CCCCCCCCC. The van der Waals surface area contributed by atoms with E-state index < -0.39 is 6.10 Å². The maximum absolute atomic E-state index is 12.8. The molecule has 6 nitrogen and oxygen atoms in total. The van der Waals surface area contributed by atoms with E-state index in [0.717, 1.165) is 96.3 Å². The van der Waals surface area contributed by atoms with Gasteiger partial charge in [-0.25, -0.2) is 0 Å². The van der Waals surface area contributed by atoms with Crippen LogP contribution in [0.15, 0.2) is 97.2 Å². The summed E-state index contributed by atoms with van der Waals surface area (Å²) in [5, 5.41) is 0. The first-order chi connectivity index (χ1) is 31.0. The minimum Gasteiger partial charge on any atom is -0.462 e. The number of hydrogen-bond acceptors (Lipinski definition) is 6. The van der Waals surface area contributed by atoms with E-state index in [1.807, 2.05) is 36.5 Å². The van der Waals surface area contributed by atoms with Crippen molar-refractivity contribution in [3.63, 3.8) is 0 Å². The van der Waals surface area contributed by atoms with E-state index in [0.29, 0.717) is 12.8 Å². The molecule has 0 aliphatic carbocycles. The van der Waals surface area contributed by atoms with Gasteiger partial charge in [0.15, 0.2) is 6.10 Å². The lowest BCUT2D eigenvalue weighted by atomic mass is 10.1. The van der Waals surface area contributed by atoms with Gasteiger partial charge in [0.2, 0.25) is 0 Å². The van der Waals surface area contributed by atoms with Gasteiger partial charge >= 0.3 is 17.9 Å². The molecular weight excluding hydrogens is 781 g/mol. The van der Waals surface area contributed by atoms with Crippen LogP contribution in [0.4, 0.5) is 0 Å². The Hall–Kier alpha value is -3.67. The average molecular weight is 875 g/mol. The van der Waals surface area contributed by atoms with Crippen molar-refractivity contribution in [2.75, 3.05) is 13.2 Å². The fraction of sp³-hybridized carbons (Fsp3) is 0.667. The van der Waals surface area contributed by atoms with Gasteiger partial charge in [-0.05, 0) is 89.9 Å². The van der Waals surface area contributed by atoms with Gasteiger partial charge in [0.1, 0.15) is 13.2 Å². The number of esters is 3. The van der Waals surface area contributed by atoms with Crippen molar-refractivity contribution in [2.24, 2.45) is 0 Å². The van der Waals surface area contributed by atoms with E-state index in [9.17, 15) is 14.4 Å². The largest absolute Gasteiger partial charge is 0.462 e. The summed E-state index contributed by atoms with van der Waals surface area (Å²) < 4.78 is 16.7. The van der Waals surface area contributed by atoms with E-state index in [-0.39, 0.29) is 37.5 Å². The normalized spacial score (nSPS) is 12.9. The van der Waals surface area contributed by atoms with Crippen LogP contribution in [-0.2, 0) is 28.6 Å². The average Bonchev–Trinajstić information content (AvgIpc) is 3.28. The maximum Gasteiger partial charge on any atom is 0.306 e. The van der Waals surface area contributed by atoms with Gasteiger partial charge in [0.25, 0.3) is 0 Å². The molecule has 0 saturated heterocycles. The molecule has 0 bridgehead atoms. The van der Waals surface area contributed by atoms with Crippen LogP contribution in [0.3, 0.4) is 0 Å². The monoisotopic (exact) mass is 875 g/mol. The Kier molecular flexibility index (Phi) is 48.0. The summed E-state index contributed by atoms with van der Waals surface area (Å²) in [6, 6.07) is 0. The van der Waals surface area contributed by atoms with Crippen LogP contribution < -0.4 is 0 Å². The first-order valence-electron chi connectivity index (χ1n) is 25.8. The molecule has 0 amide bonds. The molecule has 0 aliphatic heterocycles. The Labute approximate surface area is 387 Å². The summed E-state index contributed by atoms with van der Waals surface area (Å²) in [6.07, 6.45) is 66.8. The quantitative estimate of drug-likeness (QED) is 0.0262. The van der Waals surface area contributed by atoms with Crippen molar-refractivity contribution < 1.29 is 28.6 Å². The minimum absolute atomic E-state index is 0.116. The van der Waals surface area contributed by atoms with E-state index >= 15 is 0 Å². The second-order valence-corrected chi connectivity index (χ2v) is 16.8. The predicted octanol–water partition coefficient (Wildman–Crippen LogP) is 17.0. The fourth-order valence-corrected chi connectivity index (χ4v) is 6.79. The lowest BCUT2D eigenvalue weighted by molar-refractivity contribution is -0.167. The van der Waals surface area contributed by atoms with E-state index in [4.69, 9.17) is 14.2 Å². The van der Waals surface area contributed by atoms with Gasteiger partial charge in [0.05, 0.1) is 0 Å². The maximum atomic E-state index is 12.8. The fourth-order valence-electron chi connectivity index (χ4n) is 6.79. The Balaban J connectivity index is 4.54. The molecular formula is C57H94O6. The molecule has 0 aromatic heterocycles. The van der Waals surface area contributed by atoms with Crippen molar-refractivity contribution in [2.45, 2.75) is 232 Å². The number of allylic oxidation sites excluding steroid dienone is 16. The molecule has 0 aromatic rings. The Morgan fingerprint density at radius 2 is 0.619 bits per heavy atom. The molecule has 1 atom stereocenters. The topological polar surface area (TPSA) is 78.9 Å². The molecule has 6 heteroatoms. The highest BCUT2D eigenvalue weighted by Gasteiger charge is 2.19. The smallest absolute Gasteiger partial charge is 0.306 e. The third kappa shape index (κ3) is 49.2. The Morgan fingerprint density at radius 3 is 0.984 bits per heavy atom. The summed E-state index contributed by atoms with van der Waals surface area (Å²) in [5.74, 6) is -1.01. The number of unbranched alkanes of at least 4 members (excludes halogenated alkanes) is 23. The van der Waals surface area contributed by atoms with Gasteiger partial charge in [-0.2, -0.15) is 0 Å². The van der Waals surface area contributed by atoms with Crippen molar-refractivity contribution in [1.82, 2.24) is 0 Å². The van der Waals surface area contributed by atoms with Crippen LogP contribution in [0.2, 0.25) is 0 Å². The number of carbonyl (C=O) groups is 3. The summed E-state index contributed by atoms with van der Waals surface area (Å²) >= 11 is 0. The molecule has 0 radical (unpaired) electrons. The number of rotatable bonds is 45. The van der Waals surface area contributed by atoms with E-state index in [2.05, 4.69) is 81.5 Å². The highest BCUT2D eigenvalue weighted by Crippen LogP contribution is 2.12. The van der Waals surface area contributed by atoms with Gasteiger partial charge in [-0.3, -0.25) is 14.4 Å². The van der Waals surface area contributed by atoms with Crippen molar-refractivity contribution >= 4 is 17.9 Å². The van der Waals surface area contributed by atoms with Crippen LogP contribution in [0.5, 0.6) is 0 Å². The molecule has 0 rings (SSSR count). The molecule has 0 spiro atoms. The van der Waals surface area contributed by atoms with E-state index in [1.54, 1.807) is 0 Å². The minimum atomic E-state index is -0.819. The Bertz CT molecular complexity index is 1280. The van der Waals surface area contributed by atoms with Gasteiger partial charge < -0.3 is 14.2 Å². The standard InChI is InChI=1S/C57H94O6/c1-4-7-10-13-16-19-22-25-27-29-32-35-38-41-44-47-50-56(59)62-53-54(52-61-55(58)49-46-43-40-37-34-31-24-21-18-15-12-9-6-3)63-57(60)51-48-45-42-39-36-33-30-28-26-23-20-17-14-11-8-5-2/h9,12,15,18,21,24,27-36,54H,4-8,10-11,13-14,16-17,19-20,22-23,25-26,37-53H2,1-3H3/b12-9-,18-15-,24-21-,29-27-,30-28-,34-31-,35-32-,36-33-. The van der Waals surface area contributed by atoms with Gasteiger partial charge in [0, 0.05) is 19.3 Å². The summed E-state index contributed by atoms with van der Waals surface area (Å²) in [7, 11) is 0. The van der Waals surface area contributed by atoms with Crippen LogP contribution in [0.1, 0.15) is 226 Å². The molecule has 0 aromatic carbocycles.